The molecule has 114 valence electrons. The fourth-order valence-electron chi connectivity index (χ4n) is 2.79. The van der Waals surface area contributed by atoms with Gasteiger partial charge in [0.1, 0.15) is 5.01 Å². The maximum atomic E-state index is 5.91. The Morgan fingerprint density at radius 3 is 2.75 bits per heavy atom. The van der Waals surface area contributed by atoms with Crippen LogP contribution in [-0.4, -0.2) is 48.5 Å². The van der Waals surface area contributed by atoms with Gasteiger partial charge in [0.25, 0.3) is 0 Å². The van der Waals surface area contributed by atoms with Crippen molar-refractivity contribution in [3.8, 4) is 0 Å². The van der Waals surface area contributed by atoms with E-state index in [-0.39, 0.29) is 0 Å². The summed E-state index contributed by atoms with van der Waals surface area (Å²) in [4.78, 5) is 11.1. The van der Waals surface area contributed by atoms with Gasteiger partial charge in [0, 0.05) is 18.0 Å². The van der Waals surface area contributed by atoms with E-state index in [2.05, 4.69) is 37.7 Å². The summed E-state index contributed by atoms with van der Waals surface area (Å²) >= 11 is 1.82. The van der Waals surface area contributed by atoms with Gasteiger partial charge in [-0.05, 0) is 45.9 Å². The van der Waals surface area contributed by atoms with E-state index in [9.17, 15) is 0 Å². The first-order valence-corrected chi connectivity index (χ1v) is 8.40. The molecule has 2 heterocycles. The molecule has 1 atom stereocenters. The molecule has 1 aliphatic rings. The van der Waals surface area contributed by atoms with E-state index < -0.39 is 0 Å². The van der Waals surface area contributed by atoms with Gasteiger partial charge in [0.05, 0.1) is 11.7 Å². The van der Waals surface area contributed by atoms with Crippen molar-refractivity contribution in [1.82, 2.24) is 14.8 Å². The molecule has 0 aromatic carbocycles. The Hall–Kier alpha value is -0.490. The molecule has 0 amide bonds. The van der Waals surface area contributed by atoms with Crippen LogP contribution in [0.5, 0.6) is 0 Å². The van der Waals surface area contributed by atoms with Crippen molar-refractivity contribution in [3.05, 3.63) is 15.6 Å². The average Bonchev–Trinajstić information content (AvgIpc) is 2.69. The molecule has 1 aromatic rings. The molecule has 1 unspecified atom stereocenters. The Bertz CT molecular complexity index is 430. The summed E-state index contributed by atoms with van der Waals surface area (Å²) in [6.45, 7) is 8.48. The summed E-state index contributed by atoms with van der Waals surface area (Å²) in [5, 5.41) is 1.25. The first-order chi connectivity index (χ1) is 9.51. The minimum absolute atomic E-state index is 0.415. The van der Waals surface area contributed by atoms with Crippen LogP contribution in [0.25, 0.3) is 0 Å². The van der Waals surface area contributed by atoms with Crippen molar-refractivity contribution in [3.63, 3.8) is 0 Å². The number of likely N-dealkylation sites (N-methyl/N-ethyl adjacent to an activating group) is 2. The normalized spacial score (nSPS) is 22.4. The zero-order chi connectivity index (χ0) is 14.7. The lowest BCUT2D eigenvalue weighted by Gasteiger charge is -2.25. The van der Waals surface area contributed by atoms with Crippen LogP contribution in [0.3, 0.4) is 0 Å². The van der Waals surface area contributed by atoms with Gasteiger partial charge < -0.3 is 10.6 Å². The van der Waals surface area contributed by atoms with E-state index >= 15 is 0 Å². The molecule has 4 nitrogen and oxygen atoms in total. The molecule has 2 N–H and O–H groups in total. The summed E-state index contributed by atoms with van der Waals surface area (Å²) in [5.41, 5.74) is 7.13. The molecule has 5 heteroatoms. The van der Waals surface area contributed by atoms with Crippen LogP contribution in [0.15, 0.2) is 0 Å². The second-order valence-corrected chi connectivity index (χ2v) is 7.45. The lowest BCUT2D eigenvalue weighted by atomic mass is 10.1. The van der Waals surface area contributed by atoms with Gasteiger partial charge in [0.2, 0.25) is 0 Å². The van der Waals surface area contributed by atoms with Crippen molar-refractivity contribution in [1.29, 1.82) is 0 Å². The summed E-state index contributed by atoms with van der Waals surface area (Å²) in [6.07, 6.45) is 2.27. The van der Waals surface area contributed by atoms with Gasteiger partial charge in [-0.2, -0.15) is 0 Å². The number of nitrogens with zero attached hydrogens (tertiary/aromatic N) is 3. The smallest absolute Gasteiger partial charge is 0.112 e. The fourth-order valence-corrected chi connectivity index (χ4v) is 3.92. The van der Waals surface area contributed by atoms with Crippen LogP contribution in [0.4, 0.5) is 0 Å². The highest BCUT2D eigenvalue weighted by Gasteiger charge is 2.26. The van der Waals surface area contributed by atoms with Crippen molar-refractivity contribution < 1.29 is 0 Å². The molecule has 1 aliphatic heterocycles. The number of thiazole rings is 1. The van der Waals surface area contributed by atoms with Crippen molar-refractivity contribution in [2.45, 2.75) is 39.3 Å². The maximum Gasteiger partial charge on any atom is 0.112 e. The van der Waals surface area contributed by atoms with Gasteiger partial charge in [0.15, 0.2) is 0 Å². The van der Waals surface area contributed by atoms with E-state index in [1.54, 1.807) is 0 Å². The summed E-state index contributed by atoms with van der Waals surface area (Å²) < 4.78 is 0. The van der Waals surface area contributed by atoms with Gasteiger partial charge in [-0.15, -0.1) is 11.3 Å². The van der Waals surface area contributed by atoms with Crippen LogP contribution in [0, 0.1) is 5.92 Å². The van der Waals surface area contributed by atoms with Crippen LogP contribution in [0.1, 0.15) is 41.9 Å². The Kier molecular flexibility index (Phi) is 5.55. The monoisotopic (exact) mass is 296 g/mol. The Labute approximate surface area is 127 Å². The standard InChI is InChI=1S/C15H28N4S/c1-11(2)8-12-14(9-16)20-15(17-12)13-10-18(3)6-5-7-19(13)4/h11,13H,5-10,16H2,1-4H3. The average molecular weight is 296 g/mol. The highest BCUT2D eigenvalue weighted by Crippen LogP contribution is 2.30. The number of hydrogen-bond donors (Lipinski definition) is 1. The SMILES string of the molecule is CC(C)Cc1nc(C2CN(C)CCCN2C)sc1CN. The van der Waals surface area contributed by atoms with Crippen molar-refractivity contribution >= 4 is 11.3 Å². The second kappa shape index (κ2) is 6.98. The molecule has 1 fully saturated rings. The van der Waals surface area contributed by atoms with E-state index in [1.807, 2.05) is 11.3 Å². The fraction of sp³-hybridized carbons (Fsp3) is 0.800. The number of rotatable bonds is 4. The first kappa shape index (κ1) is 15.9. The molecule has 0 radical (unpaired) electrons. The Morgan fingerprint density at radius 2 is 2.10 bits per heavy atom. The molecule has 0 spiro atoms. The molecule has 0 saturated carbocycles. The van der Waals surface area contributed by atoms with Gasteiger partial charge in [-0.1, -0.05) is 13.8 Å². The molecular weight excluding hydrogens is 268 g/mol. The highest BCUT2D eigenvalue weighted by atomic mass is 32.1. The number of aromatic nitrogens is 1. The van der Waals surface area contributed by atoms with Gasteiger partial charge in [-0.3, -0.25) is 4.90 Å². The predicted octanol–water partition coefficient (Wildman–Crippen LogP) is 2.11. The van der Waals surface area contributed by atoms with E-state index in [4.69, 9.17) is 10.7 Å². The third kappa shape index (κ3) is 3.79. The van der Waals surface area contributed by atoms with Gasteiger partial charge >= 0.3 is 0 Å². The van der Waals surface area contributed by atoms with Crippen molar-refractivity contribution in [2.75, 3.05) is 33.7 Å². The highest BCUT2D eigenvalue weighted by molar-refractivity contribution is 7.11. The molecule has 0 bridgehead atoms. The molecule has 0 aliphatic carbocycles. The first-order valence-electron chi connectivity index (χ1n) is 7.58. The van der Waals surface area contributed by atoms with E-state index in [0.29, 0.717) is 18.5 Å². The molecule has 1 saturated heterocycles. The second-order valence-electron chi connectivity index (χ2n) is 6.34. The zero-order valence-corrected chi connectivity index (χ0v) is 14.0. The Balaban J connectivity index is 2.23. The zero-order valence-electron chi connectivity index (χ0n) is 13.2. The van der Waals surface area contributed by atoms with Crippen LogP contribution < -0.4 is 5.73 Å². The topological polar surface area (TPSA) is 45.4 Å². The predicted molar refractivity (Wildman–Crippen MR) is 86.0 cm³/mol. The maximum absolute atomic E-state index is 5.91. The molecular formula is C15H28N4S. The number of hydrogen-bond acceptors (Lipinski definition) is 5. The number of nitrogens with two attached hydrogens (primary N) is 1. The largest absolute Gasteiger partial charge is 0.326 e. The molecule has 20 heavy (non-hydrogen) atoms. The molecule has 1 aromatic heterocycles. The minimum atomic E-state index is 0.415. The lowest BCUT2D eigenvalue weighted by molar-refractivity contribution is 0.228. The van der Waals surface area contributed by atoms with Crippen LogP contribution >= 0.6 is 11.3 Å². The summed E-state index contributed by atoms with van der Waals surface area (Å²) in [7, 11) is 4.42. The van der Waals surface area contributed by atoms with Crippen LogP contribution in [0.2, 0.25) is 0 Å². The third-order valence-electron chi connectivity index (χ3n) is 3.93. The van der Waals surface area contributed by atoms with Gasteiger partial charge in [-0.25, -0.2) is 4.98 Å². The Morgan fingerprint density at radius 1 is 1.35 bits per heavy atom. The minimum Gasteiger partial charge on any atom is -0.326 e. The summed E-state index contributed by atoms with van der Waals surface area (Å²) in [5.74, 6) is 0.629. The van der Waals surface area contributed by atoms with E-state index in [1.165, 1.54) is 28.5 Å². The third-order valence-corrected chi connectivity index (χ3v) is 5.16. The molecule has 2 rings (SSSR count). The summed E-state index contributed by atoms with van der Waals surface area (Å²) in [6, 6.07) is 0.415. The lowest BCUT2D eigenvalue weighted by Crippen LogP contribution is -2.30. The van der Waals surface area contributed by atoms with Crippen molar-refractivity contribution in [2.24, 2.45) is 11.7 Å². The van der Waals surface area contributed by atoms with Crippen LogP contribution in [-0.2, 0) is 13.0 Å². The quantitative estimate of drug-likeness (QED) is 0.924. The van der Waals surface area contributed by atoms with E-state index in [0.717, 1.165) is 19.5 Å².